The van der Waals surface area contributed by atoms with Crippen molar-refractivity contribution in [3.63, 3.8) is 0 Å². The third-order valence-electron chi connectivity index (χ3n) is 11.1. The van der Waals surface area contributed by atoms with Gasteiger partial charge in [-0.15, -0.1) is 0 Å². The number of carbonyl (C=O) groups is 1. The van der Waals surface area contributed by atoms with Gasteiger partial charge in [-0.3, -0.25) is 14.3 Å². The number of amides is 1. The third kappa shape index (κ3) is 8.20. The molecule has 3 aliphatic rings. The van der Waals surface area contributed by atoms with E-state index in [0.29, 0.717) is 63.7 Å². The van der Waals surface area contributed by atoms with Crippen molar-refractivity contribution in [2.75, 3.05) is 51.0 Å². The van der Waals surface area contributed by atoms with Gasteiger partial charge in [-0.2, -0.15) is 5.10 Å². The summed E-state index contributed by atoms with van der Waals surface area (Å²) in [6.07, 6.45) is 2.91. The maximum atomic E-state index is 16.5. The molecular weight excluding hydrogens is 687 g/mol. The molecule has 2 aliphatic carbocycles. The highest BCUT2D eigenvalue weighted by Crippen LogP contribution is 2.60. The molecule has 1 amide bonds. The van der Waals surface area contributed by atoms with Crippen LogP contribution >= 0.6 is 0 Å². The number of likely N-dealkylation sites (N-methyl/N-ethyl adjacent to an activating group) is 1. The fourth-order valence-electron chi connectivity index (χ4n) is 7.47. The molecule has 10 nitrogen and oxygen atoms in total. The van der Waals surface area contributed by atoms with E-state index in [2.05, 4.69) is 46.2 Å². The van der Waals surface area contributed by atoms with E-state index < -0.39 is 33.8 Å². The first kappa shape index (κ1) is 38.2. The van der Waals surface area contributed by atoms with Crippen molar-refractivity contribution < 1.29 is 27.8 Å². The second-order valence-electron chi connectivity index (χ2n) is 17.6. The Kier molecular flexibility index (Phi) is 11.0. The maximum Gasteiger partial charge on any atom is 0.244 e. The van der Waals surface area contributed by atoms with Gasteiger partial charge in [-0.25, -0.2) is 18.4 Å². The van der Waals surface area contributed by atoms with Gasteiger partial charge in [0.2, 0.25) is 5.91 Å². The summed E-state index contributed by atoms with van der Waals surface area (Å²) in [5.41, 5.74) is 3.33. The molecule has 3 heterocycles. The number of ether oxygens (including phenoxy) is 3. The van der Waals surface area contributed by atoms with E-state index in [1.807, 2.05) is 16.5 Å². The number of halogens is 2. The van der Waals surface area contributed by atoms with E-state index in [1.165, 1.54) is 11.0 Å². The molecule has 0 bridgehead atoms. The van der Waals surface area contributed by atoms with E-state index in [9.17, 15) is 4.79 Å². The summed E-state index contributed by atoms with van der Waals surface area (Å²) in [7, 11) is -2.67. The number of hydrogen-bond acceptors (Lipinski definition) is 7. The quantitative estimate of drug-likeness (QED) is 0.122. The zero-order valence-electron chi connectivity index (χ0n) is 32.2. The van der Waals surface area contributed by atoms with Crippen molar-refractivity contribution in [1.29, 1.82) is 0 Å². The molecule has 6 rings (SSSR count). The maximum absolute atomic E-state index is 16.5. The van der Waals surface area contributed by atoms with Crippen LogP contribution in [0.15, 0.2) is 6.07 Å². The summed E-state index contributed by atoms with van der Waals surface area (Å²) in [6.45, 7) is 23.7. The number of rotatable bonds is 15. The molecule has 1 unspecified atom stereocenters. The van der Waals surface area contributed by atoms with Crippen molar-refractivity contribution in [1.82, 2.24) is 24.2 Å². The summed E-state index contributed by atoms with van der Waals surface area (Å²) >= 11 is 0. The lowest BCUT2D eigenvalue weighted by Crippen LogP contribution is -2.51. The van der Waals surface area contributed by atoms with Crippen LogP contribution in [0.5, 0.6) is 0 Å². The Bertz CT molecular complexity index is 1750. The number of imidazole rings is 1. The second-order valence-corrected chi connectivity index (χ2v) is 28.8. The first-order valence-electron chi connectivity index (χ1n) is 18.8. The SMILES string of the molecule is CCN(C(=O)C(C)N1CCOCC1)c1cc2nc(-c3nn(COCC[Si](C)(C)C)c4c3C[C@@H]3C[C@]3(C)C4)n(COCC[Si](C)(C)C)c2c(F)c1F. The van der Waals surface area contributed by atoms with Crippen LogP contribution in [0.25, 0.3) is 22.6 Å². The number of morpholine rings is 1. The molecule has 1 saturated carbocycles. The average Bonchev–Trinajstić information content (AvgIpc) is 3.43. The minimum Gasteiger partial charge on any atom is -0.379 e. The van der Waals surface area contributed by atoms with Gasteiger partial charge in [0.1, 0.15) is 24.7 Å². The molecule has 282 valence electrons. The van der Waals surface area contributed by atoms with Gasteiger partial charge in [-0.1, -0.05) is 46.2 Å². The number of nitrogens with zero attached hydrogens (tertiary/aromatic N) is 6. The number of hydrogen-bond donors (Lipinski definition) is 0. The summed E-state index contributed by atoms with van der Waals surface area (Å²) in [5, 5.41) is 5.11. The Morgan fingerprint density at radius 2 is 1.71 bits per heavy atom. The van der Waals surface area contributed by atoms with Crippen LogP contribution in [0.1, 0.15) is 38.4 Å². The van der Waals surface area contributed by atoms with Crippen LogP contribution in [0, 0.1) is 23.0 Å². The molecule has 14 heteroatoms. The van der Waals surface area contributed by atoms with E-state index in [1.54, 1.807) is 11.5 Å². The van der Waals surface area contributed by atoms with Gasteiger partial charge in [0.25, 0.3) is 0 Å². The molecule has 2 fully saturated rings. The lowest BCUT2D eigenvalue weighted by Gasteiger charge is -2.34. The van der Waals surface area contributed by atoms with E-state index in [0.717, 1.165) is 42.6 Å². The molecule has 1 aromatic carbocycles. The molecule has 0 radical (unpaired) electrons. The predicted molar refractivity (Wildman–Crippen MR) is 203 cm³/mol. The fraction of sp³-hybridized carbons (Fsp3) is 0.703. The van der Waals surface area contributed by atoms with Crippen LogP contribution in [0.3, 0.4) is 0 Å². The number of anilines is 1. The van der Waals surface area contributed by atoms with Crippen LogP contribution in [-0.2, 0) is 45.3 Å². The molecule has 0 spiro atoms. The number of aromatic nitrogens is 4. The first-order chi connectivity index (χ1) is 24.0. The van der Waals surface area contributed by atoms with E-state index >= 15 is 8.78 Å². The van der Waals surface area contributed by atoms with Gasteiger partial charge < -0.3 is 19.1 Å². The van der Waals surface area contributed by atoms with Crippen LogP contribution < -0.4 is 4.90 Å². The molecule has 1 saturated heterocycles. The normalized spacial score (nSPS) is 21.5. The predicted octanol–water partition coefficient (Wildman–Crippen LogP) is 7.00. The van der Waals surface area contributed by atoms with Gasteiger partial charge in [0, 0.05) is 60.3 Å². The van der Waals surface area contributed by atoms with Gasteiger partial charge in [-0.05, 0) is 62.6 Å². The molecule has 3 aromatic rings. The van der Waals surface area contributed by atoms with Crippen molar-refractivity contribution in [3.05, 3.63) is 29.0 Å². The monoisotopic (exact) mass is 744 g/mol. The summed E-state index contributed by atoms with van der Waals surface area (Å²) < 4.78 is 54.3. The molecule has 0 N–H and O–H groups in total. The highest BCUT2D eigenvalue weighted by molar-refractivity contribution is 6.76. The molecule has 51 heavy (non-hydrogen) atoms. The van der Waals surface area contributed by atoms with Crippen LogP contribution in [-0.4, -0.2) is 98.4 Å². The molecule has 3 atom stereocenters. The van der Waals surface area contributed by atoms with E-state index in [-0.39, 0.29) is 41.3 Å². The number of benzene rings is 1. The standard InChI is InChI=1S/C37H58F2N6O4Si2/c1-10-43(36(46)25(2)42-11-13-47-14-12-42)29-20-28-34(32(39)31(29)38)44(23-48-15-17-50(4,5)6)35(40-28)33-27-19-26-21-37(26,3)22-30(27)45(41-33)24-49-16-18-51(7,8)9/h20,25-26H,10-19,21-24H2,1-9H3/t25?,26-,37-/m1/s1. The minimum atomic E-state index is -1.40. The molecular formula is C37H58F2N6O4Si2. The third-order valence-corrected chi connectivity index (χ3v) is 14.5. The lowest BCUT2D eigenvalue weighted by molar-refractivity contribution is -0.124. The zero-order valence-corrected chi connectivity index (χ0v) is 34.2. The van der Waals surface area contributed by atoms with Crippen molar-refractivity contribution in [2.45, 2.75) is 111 Å². The Labute approximate surface area is 303 Å². The zero-order chi connectivity index (χ0) is 36.9. The summed E-state index contributed by atoms with van der Waals surface area (Å²) in [4.78, 5) is 22.2. The van der Waals surface area contributed by atoms with E-state index in [4.69, 9.17) is 24.3 Å². The summed E-state index contributed by atoms with van der Waals surface area (Å²) in [5.74, 6) is -1.40. The van der Waals surface area contributed by atoms with Crippen molar-refractivity contribution >= 4 is 38.8 Å². The second kappa shape index (κ2) is 14.7. The Hall–Kier alpha value is -2.50. The molecule has 2 aromatic heterocycles. The average molecular weight is 745 g/mol. The Morgan fingerprint density at radius 3 is 2.33 bits per heavy atom. The van der Waals surface area contributed by atoms with Crippen LogP contribution in [0.4, 0.5) is 14.5 Å². The van der Waals surface area contributed by atoms with Gasteiger partial charge in [0.15, 0.2) is 17.5 Å². The first-order valence-corrected chi connectivity index (χ1v) is 26.2. The van der Waals surface area contributed by atoms with Gasteiger partial charge >= 0.3 is 0 Å². The molecule has 1 aliphatic heterocycles. The fourth-order valence-corrected chi connectivity index (χ4v) is 8.98. The summed E-state index contributed by atoms with van der Waals surface area (Å²) in [6, 6.07) is 2.99. The minimum absolute atomic E-state index is 0.00595. The Morgan fingerprint density at radius 1 is 1.06 bits per heavy atom. The van der Waals surface area contributed by atoms with Crippen molar-refractivity contribution in [3.8, 4) is 11.5 Å². The van der Waals surface area contributed by atoms with Crippen LogP contribution in [0.2, 0.25) is 51.4 Å². The largest absolute Gasteiger partial charge is 0.379 e. The number of fused-ring (bicyclic) bond motifs is 3. The smallest absolute Gasteiger partial charge is 0.244 e. The topological polar surface area (TPSA) is 86.9 Å². The lowest BCUT2D eigenvalue weighted by atomic mass is 9.87. The highest BCUT2D eigenvalue weighted by Gasteiger charge is 2.54. The van der Waals surface area contributed by atoms with Crippen molar-refractivity contribution in [2.24, 2.45) is 11.3 Å². The van der Waals surface area contributed by atoms with Gasteiger partial charge in [0.05, 0.1) is 30.5 Å². The Balaban J connectivity index is 1.41. The number of carbonyl (C=O) groups excluding carboxylic acids is 1. The highest BCUT2D eigenvalue weighted by atomic mass is 28.3.